The molecule has 0 aliphatic carbocycles. The van der Waals surface area contributed by atoms with Gasteiger partial charge in [0, 0.05) is 22.3 Å². The van der Waals surface area contributed by atoms with Crippen molar-refractivity contribution in [3.63, 3.8) is 0 Å². The summed E-state index contributed by atoms with van der Waals surface area (Å²) in [5, 5.41) is 8.59. The third kappa shape index (κ3) is 4.44. The smallest absolute Gasteiger partial charge is 0.118 e. The van der Waals surface area contributed by atoms with Crippen molar-refractivity contribution in [3.8, 4) is 5.75 Å². The molecule has 1 N–H and O–H groups in total. The van der Waals surface area contributed by atoms with Crippen molar-refractivity contribution in [2.45, 2.75) is 6.42 Å². The first-order valence-electron chi connectivity index (χ1n) is 4.85. The van der Waals surface area contributed by atoms with Gasteiger partial charge in [-0.2, -0.15) is 0 Å². The van der Waals surface area contributed by atoms with Gasteiger partial charge in [-0.25, -0.2) is 0 Å². The fourth-order valence-corrected chi connectivity index (χ4v) is 2.10. The Morgan fingerprint density at radius 1 is 1.27 bits per heavy atom. The average Bonchev–Trinajstić information content (AvgIpc) is 2.27. The standard InChI is InChI=1S/C11H16O3S/c1-14-11-4-2-10(3-5-11)6-8-15(13)9-7-12/h2-5,12H,6-9H2,1H3/t15-/m0/s1. The highest BCUT2D eigenvalue weighted by Crippen LogP contribution is 2.11. The zero-order valence-electron chi connectivity index (χ0n) is 8.81. The molecule has 15 heavy (non-hydrogen) atoms. The highest BCUT2D eigenvalue weighted by atomic mass is 32.2. The Bertz CT molecular complexity index is 308. The molecule has 1 aromatic carbocycles. The van der Waals surface area contributed by atoms with E-state index in [2.05, 4.69) is 0 Å². The van der Waals surface area contributed by atoms with Gasteiger partial charge in [0.15, 0.2) is 0 Å². The highest BCUT2D eigenvalue weighted by Gasteiger charge is 2.00. The molecule has 1 atom stereocenters. The van der Waals surface area contributed by atoms with E-state index in [4.69, 9.17) is 9.84 Å². The Morgan fingerprint density at radius 2 is 1.93 bits per heavy atom. The maximum absolute atomic E-state index is 11.3. The summed E-state index contributed by atoms with van der Waals surface area (Å²) in [4.78, 5) is 0. The van der Waals surface area contributed by atoms with Crippen LogP contribution in [0.15, 0.2) is 24.3 Å². The zero-order valence-corrected chi connectivity index (χ0v) is 9.63. The third-order valence-electron chi connectivity index (χ3n) is 2.10. The fourth-order valence-electron chi connectivity index (χ4n) is 1.23. The molecule has 0 radical (unpaired) electrons. The number of hydrogen-bond acceptors (Lipinski definition) is 3. The Morgan fingerprint density at radius 3 is 2.47 bits per heavy atom. The van der Waals surface area contributed by atoms with E-state index in [1.54, 1.807) is 7.11 Å². The SMILES string of the molecule is COc1ccc(CC[S@](=O)CCO)cc1. The van der Waals surface area contributed by atoms with Crippen LogP contribution >= 0.6 is 0 Å². The minimum absolute atomic E-state index is 0.00474. The largest absolute Gasteiger partial charge is 0.497 e. The molecule has 0 unspecified atom stereocenters. The lowest BCUT2D eigenvalue weighted by Gasteiger charge is -2.03. The van der Waals surface area contributed by atoms with E-state index < -0.39 is 10.8 Å². The van der Waals surface area contributed by atoms with Crippen LogP contribution in [0.5, 0.6) is 5.75 Å². The second kappa shape index (κ2) is 6.58. The summed E-state index contributed by atoms with van der Waals surface area (Å²) in [6, 6.07) is 7.72. The monoisotopic (exact) mass is 228 g/mol. The Balaban J connectivity index is 2.40. The molecule has 0 saturated heterocycles. The molecule has 0 aromatic heterocycles. The summed E-state index contributed by atoms with van der Waals surface area (Å²) in [5.74, 6) is 1.80. The van der Waals surface area contributed by atoms with Crippen molar-refractivity contribution >= 4 is 10.8 Å². The third-order valence-corrected chi connectivity index (χ3v) is 3.39. The Labute approximate surface area is 92.5 Å². The topological polar surface area (TPSA) is 46.5 Å². The lowest BCUT2D eigenvalue weighted by Crippen LogP contribution is -2.08. The van der Waals surface area contributed by atoms with Crippen LogP contribution in [-0.2, 0) is 17.2 Å². The lowest BCUT2D eigenvalue weighted by atomic mass is 10.2. The summed E-state index contributed by atoms with van der Waals surface area (Å²) in [7, 11) is 0.721. The van der Waals surface area contributed by atoms with E-state index >= 15 is 0 Å². The second-order valence-electron chi connectivity index (χ2n) is 3.17. The van der Waals surface area contributed by atoms with Gasteiger partial charge in [0.25, 0.3) is 0 Å². The summed E-state index contributed by atoms with van der Waals surface area (Å²) in [6.45, 7) is -0.00474. The van der Waals surface area contributed by atoms with E-state index in [0.29, 0.717) is 11.5 Å². The van der Waals surface area contributed by atoms with E-state index in [0.717, 1.165) is 17.7 Å². The molecule has 0 amide bonds. The average molecular weight is 228 g/mol. The number of hydrogen-bond donors (Lipinski definition) is 1. The molecule has 0 aliphatic rings. The van der Waals surface area contributed by atoms with Crippen molar-refractivity contribution in [2.75, 3.05) is 25.2 Å². The first-order chi connectivity index (χ1) is 7.26. The van der Waals surface area contributed by atoms with Gasteiger partial charge in [0.1, 0.15) is 5.75 Å². The van der Waals surface area contributed by atoms with Crippen LogP contribution in [0.3, 0.4) is 0 Å². The van der Waals surface area contributed by atoms with E-state index in [1.807, 2.05) is 24.3 Å². The molecule has 4 heteroatoms. The number of aliphatic hydroxyl groups excluding tert-OH is 1. The Hall–Kier alpha value is -0.870. The van der Waals surface area contributed by atoms with Gasteiger partial charge in [0.2, 0.25) is 0 Å². The van der Waals surface area contributed by atoms with Crippen molar-refractivity contribution in [1.82, 2.24) is 0 Å². The molecule has 0 spiro atoms. The van der Waals surface area contributed by atoms with Crippen molar-refractivity contribution in [3.05, 3.63) is 29.8 Å². The van der Waals surface area contributed by atoms with Crippen LogP contribution < -0.4 is 4.74 Å². The highest BCUT2D eigenvalue weighted by molar-refractivity contribution is 7.84. The van der Waals surface area contributed by atoms with Gasteiger partial charge in [-0.05, 0) is 24.1 Å². The normalized spacial score (nSPS) is 12.4. The molecule has 0 saturated carbocycles. The molecule has 1 aromatic rings. The maximum Gasteiger partial charge on any atom is 0.118 e. The van der Waals surface area contributed by atoms with Crippen LogP contribution in [0.25, 0.3) is 0 Å². The van der Waals surface area contributed by atoms with Crippen LogP contribution in [0, 0.1) is 0 Å². The first kappa shape index (κ1) is 12.2. The van der Waals surface area contributed by atoms with Crippen LogP contribution in [0.1, 0.15) is 5.56 Å². The van der Waals surface area contributed by atoms with Gasteiger partial charge < -0.3 is 9.84 Å². The number of methoxy groups -OCH3 is 1. The summed E-state index contributed by atoms with van der Waals surface area (Å²) < 4.78 is 16.3. The maximum atomic E-state index is 11.3. The predicted octanol–water partition coefficient (Wildman–Crippen LogP) is 0.979. The van der Waals surface area contributed by atoms with Crippen molar-refractivity contribution in [1.29, 1.82) is 0 Å². The zero-order chi connectivity index (χ0) is 11.1. The predicted molar refractivity (Wildman–Crippen MR) is 61.7 cm³/mol. The molecule has 1 rings (SSSR count). The minimum atomic E-state index is -0.909. The minimum Gasteiger partial charge on any atom is -0.497 e. The number of ether oxygens (including phenoxy) is 1. The van der Waals surface area contributed by atoms with Gasteiger partial charge in [-0.15, -0.1) is 0 Å². The summed E-state index contributed by atoms with van der Waals surface area (Å²) in [5.41, 5.74) is 1.14. The number of benzene rings is 1. The molecular formula is C11H16O3S. The van der Waals surface area contributed by atoms with Crippen LogP contribution in [0.2, 0.25) is 0 Å². The fraction of sp³-hybridized carbons (Fsp3) is 0.455. The molecular weight excluding hydrogens is 212 g/mol. The van der Waals surface area contributed by atoms with E-state index in [1.165, 1.54) is 0 Å². The van der Waals surface area contributed by atoms with Crippen LogP contribution in [-0.4, -0.2) is 34.5 Å². The second-order valence-corrected chi connectivity index (χ2v) is 4.87. The molecule has 0 bridgehead atoms. The molecule has 0 fully saturated rings. The first-order valence-corrected chi connectivity index (χ1v) is 6.34. The van der Waals surface area contributed by atoms with E-state index in [-0.39, 0.29) is 6.61 Å². The van der Waals surface area contributed by atoms with Crippen molar-refractivity contribution in [2.24, 2.45) is 0 Å². The number of aliphatic hydroxyl groups is 1. The number of aryl methyl sites for hydroxylation is 1. The molecule has 0 aliphatic heterocycles. The summed E-state index contributed by atoms with van der Waals surface area (Å²) in [6.07, 6.45) is 0.774. The summed E-state index contributed by atoms with van der Waals surface area (Å²) >= 11 is 0. The van der Waals surface area contributed by atoms with Gasteiger partial charge >= 0.3 is 0 Å². The molecule has 0 heterocycles. The van der Waals surface area contributed by atoms with Crippen molar-refractivity contribution < 1.29 is 14.1 Å². The lowest BCUT2D eigenvalue weighted by molar-refractivity contribution is 0.321. The van der Waals surface area contributed by atoms with Gasteiger partial charge in [-0.3, -0.25) is 4.21 Å². The van der Waals surface area contributed by atoms with Gasteiger partial charge in [0.05, 0.1) is 13.7 Å². The quantitative estimate of drug-likeness (QED) is 0.789. The molecule has 84 valence electrons. The Kier molecular flexibility index (Phi) is 5.36. The van der Waals surface area contributed by atoms with Crippen LogP contribution in [0.4, 0.5) is 0 Å². The van der Waals surface area contributed by atoms with Gasteiger partial charge in [-0.1, -0.05) is 12.1 Å². The molecule has 3 nitrogen and oxygen atoms in total. The number of rotatable bonds is 6. The van der Waals surface area contributed by atoms with E-state index in [9.17, 15) is 4.21 Å².